The van der Waals surface area contributed by atoms with Gasteiger partial charge < -0.3 is 19.9 Å². The number of allylic oxidation sites excluding steroid dienone is 1. The molecule has 38 heavy (non-hydrogen) atoms. The van der Waals surface area contributed by atoms with Gasteiger partial charge in [-0.1, -0.05) is 65.8 Å². The van der Waals surface area contributed by atoms with E-state index >= 15 is 0 Å². The van der Waals surface area contributed by atoms with E-state index in [-0.39, 0.29) is 5.92 Å². The van der Waals surface area contributed by atoms with Crippen molar-refractivity contribution >= 4 is 11.8 Å². The molecule has 1 saturated carbocycles. The van der Waals surface area contributed by atoms with Gasteiger partial charge in [0.1, 0.15) is 23.0 Å². The summed E-state index contributed by atoms with van der Waals surface area (Å²) in [5, 5.41) is 23.8. The van der Waals surface area contributed by atoms with Crippen molar-refractivity contribution in [1.82, 2.24) is 5.48 Å². The first-order valence-electron chi connectivity index (χ1n) is 12.7. The maximum absolute atomic E-state index is 10.1. The molecule has 5 rings (SSSR count). The molecule has 4 aromatic carbocycles. The number of rotatable bonds is 8. The molecule has 0 aromatic heterocycles. The van der Waals surface area contributed by atoms with Crippen molar-refractivity contribution < 1.29 is 19.9 Å². The minimum atomic E-state index is -0.433. The highest BCUT2D eigenvalue weighted by molar-refractivity contribution is 6.06. The van der Waals surface area contributed by atoms with Gasteiger partial charge in [0.05, 0.1) is 11.8 Å². The molecule has 0 saturated heterocycles. The van der Waals surface area contributed by atoms with E-state index in [1.54, 1.807) is 0 Å². The molecule has 0 aliphatic heterocycles. The Morgan fingerprint density at radius 2 is 1.26 bits per heavy atom. The summed E-state index contributed by atoms with van der Waals surface area (Å²) in [7, 11) is 0. The molecular formula is C32H30N2O4. The molecule has 2 unspecified atom stereocenters. The number of oxime groups is 1. The Bertz CT molecular complexity index is 1370. The lowest BCUT2D eigenvalue weighted by Gasteiger charge is -2.32. The maximum atomic E-state index is 10.1. The van der Waals surface area contributed by atoms with Crippen molar-refractivity contribution in [2.75, 3.05) is 0 Å². The first-order chi connectivity index (χ1) is 18.7. The normalized spacial score (nSPS) is 18.3. The van der Waals surface area contributed by atoms with Crippen LogP contribution in [0.1, 0.15) is 36.4 Å². The fourth-order valence-electron chi connectivity index (χ4n) is 4.85. The van der Waals surface area contributed by atoms with Crippen molar-refractivity contribution in [3.63, 3.8) is 0 Å². The zero-order chi connectivity index (χ0) is 26.2. The minimum absolute atomic E-state index is 0.202. The van der Waals surface area contributed by atoms with Crippen LogP contribution < -0.4 is 15.0 Å². The first kappa shape index (κ1) is 25.3. The average molecular weight is 507 g/mol. The highest BCUT2D eigenvalue weighted by atomic mass is 16.5. The van der Waals surface area contributed by atoms with Crippen LogP contribution >= 0.6 is 0 Å². The monoisotopic (exact) mass is 506 g/mol. The summed E-state index contributed by atoms with van der Waals surface area (Å²) < 4.78 is 11.8. The summed E-state index contributed by atoms with van der Waals surface area (Å²) in [4.78, 5) is 0. The highest BCUT2D eigenvalue weighted by Gasteiger charge is 2.33. The van der Waals surface area contributed by atoms with Crippen LogP contribution in [0.5, 0.6) is 23.0 Å². The summed E-state index contributed by atoms with van der Waals surface area (Å²) in [6.45, 7) is 0. The number of benzene rings is 4. The number of hydrogen-bond acceptors (Lipinski definition) is 6. The van der Waals surface area contributed by atoms with Crippen LogP contribution in [0.25, 0.3) is 6.08 Å². The van der Waals surface area contributed by atoms with E-state index in [4.69, 9.17) is 9.47 Å². The Hall–Kier alpha value is -4.39. The summed E-state index contributed by atoms with van der Waals surface area (Å²) in [5.41, 5.74) is 5.85. The molecule has 2 atom stereocenters. The molecule has 0 amide bonds. The van der Waals surface area contributed by atoms with Crippen molar-refractivity contribution in [2.24, 2.45) is 11.1 Å². The van der Waals surface area contributed by atoms with E-state index in [0.29, 0.717) is 11.5 Å². The van der Waals surface area contributed by atoms with Gasteiger partial charge in [0.15, 0.2) is 0 Å². The van der Waals surface area contributed by atoms with Crippen LogP contribution in [-0.4, -0.2) is 16.1 Å². The van der Waals surface area contributed by atoms with E-state index in [0.717, 1.165) is 53.2 Å². The first-order valence-corrected chi connectivity index (χ1v) is 12.7. The molecule has 0 radical (unpaired) electrons. The van der Waals surface area contributed by atoms with Gasteiger partial charge in [0.25, 0.3) is 0 Å². The molecule has 6 heteroatoms. The molecule has 1 aliphatic rings. The lowest BCUT2D eigenvalue weighted by molar-refractivity contribution is 0.106. The van der Waals surface area contributed by atoms with Gasteiger partial charge in [-0.25, -0.2) is 0 Å². The number of hydrogen-bond donors (Lipinski definition) is 3. The van der Waals surface area contributed by atoms with E-state index in [1.165, 1.54) is 0 Å². The van der Waals surface area contributed by atoms with Gasteiger partial charge in [-0.2, -0.15) is 5.48 Å². The van der Waals surface area contributed by atoms with Gasteiger partial charge in [-0.3, -0.25) is 0 Å². The Morgan fingerprint density at radius 1 is 0.737 bits per heavy atom. The molecule has 0 bridgehead atoms. The molecule has 6 nitrogen and oxygen atoms in total. The second-order valence-corrected chi connectivity index (χ2v) is 9.23. The zero-order valence-electron chi connectivity index (χ0n) is 20.9. The Kier molecular flexibility index (Phi) is 8.13. The Balaban J connectivity index is 1.31. The molecular weight excluding hydrogens is 476 g/mol. The third kappa shape index (κ3) is 6.11. The maximum Gasteiger partial charge on any atom is 0.127 e. The van der Waals surface area contributed by atoms with Gasteiger partial charge in [-0.05, 0) is 90.6 Å². The van der Waals surface area contributed by atoms with E-state index in [2.05, 4.69) is 10.6 Å². The molecule has 0 spiro atoms. The summed E-state index contributed by atoms with van der Waals surface area (Å²) >= 11 is 0. The molecule has 1 aliphatic carbocycles. The molecule has 4 aromatic rings. The number of hydroxylamine groups is 1. The number of nitrogens with one attached hydrogen (secondary N) is 1. The lowest BCUT2D eigenvalue weighted by atomic mass is 9.77. The third-order valence-corrected chi connectivity index (χ3v) is 6.71. The summed E-state index contributed by atoms with van der Waals surface area (Å²) in [6.07, 6.45) is 4.53. The smallest absolute Gasteiger partial charge is 0.127 e. The van der Waals surface area contributed by atoms with Crippen LogP contribution in [0.3, 0.4) is 0 Å². The van der Waals surface area contributed by atoms with Crippen LogP contribution in [-0.2, 0) is 0 Å². The van der Waals surface area contributed by atoms with E-state index in [9.17, 15) is 10.4 Å². The van der Waals surface area contributed by atoms with Crippen LogP contribution in [0.2, 0.25) is 0 Å². The molecule has 0 heterocycles. The average Bonchev–Trinajstić information content (AvgIpc) is 2.97. The number of nitrogens with zero attached hydrogens (tertiary/aromatic N) is 1. The van der Waals surface area contributed by atoms with Gasteiger partial charge in [0, 0.05) is 5.92 Å². The van der Waals surface area contributed by atoms with Crippen molar-refractivity contribution in [2.45, 2.75) is 25.3 Å². The van der Waals surface area contributed by atoms with Crippen LogP contribution in [0.4, 0.5) is 0 Å². The summed E-state index contributed by atoms with van der Waals surface area (Å²) in [5.74, 6) is 2.79. The van der Waals surface area contributed by atoms with Crippen LogP contribution in [0.15, 0.2) is 120 Å². The zero-order valence-corrected chi connectivity index (χ0v) is 20.9. The summed E-state index contributed by atoms with van der Waals surface area (Å²) in [6, 6.07) is 34.2. The van der Waals surface area contributed by atoms with Gasteiger partial charge in [0.2, 0.25) is 0 Å². The topological polar surface area (TPSA) is 83.3 Å². The predicted molar refractivity (Wildman–Crippen MR) is 148 cm³/mol. The third-order valence-electron chi connectivity index (χ3n) is 6.71. The largest absolute Gasteiger partial charge is 0.457 e. The predicted octanol–water partition coefficient (Wildman–Crippen LogP) is 8.01. The van der Waals surface area contributed by atoms with Gasteiger partial charge >= 0.3 is 0 Å². The number of ether oxygens (including phenoxy) is 2. The van der Waals surface area contributed by atoms with Crippen molar-refractivity contribution in [3.8, 4) is 23.0 Å². The Morgan fingerprint density at radius 3 is 1.79 bits per heavy atom. The minimum Gasteiger partial charge on any atom is -0.457 e. The second kappa shape index (κ2) is 12.2. The molecule has 1 fully saturated rings. The fraction of sp³-hybridized carbons (Fsp3) is 0.156. The molecule has 3 N–H and O–H groups in total. The SMILES string of the molecule is O/N=C1/C(=C\c2ccc(Oc3ccccc3)cc2)CCCC1C(NO)c1ccc(Oc2ccccc2)cc1. The number of para-hydroxylation sites is 2. The van der Waals surface area contributed by atoms with E-state index in [1.807, 2.05) is 115 Å². The Labute approximate surface area is 222 Å². The second-order valence-electron chi connectivity index (χ2n) is 9.23. The van der Waals surface area contributed by atoms with Crippen molar-refractivity contribution in [3.05, 3.63) is 126 Å². The van der Waals surface area contributed by atoms with Crippen molar-refractivity contribution in [1.29, 1.82) is 0 Å². The highest BCUT2D eigenvalue weighted by Crippen LogP contribution is 2.37. The van der Waals surface area contributed by atoms with Crippen LogP contribution in [0, 0.1) is 5.92 Å². The van der Waals surface area contributed by atoms with E-state index < -0.39 is 6.04 Å². The standard InChI is InChI=1S/C32H30N2O4/c35-33-31(24-16-20-29(21-17-24)38-27-11-5-2-6-12-27)30-13-7-8-25(32(30)34-36)22-23-14-18-28(19-15-23)37-26-9-3-1-4-10-26/h1-6,9-12,14-22,30-31,33,35-36H,7-8,13H2/b25-22-,34-32-. The van der Waals surface area contributed by atoms with Gasteiger partial charge in [-0.15, -0.1) is 0 Å². The molecule has 192 valence electrons. The quantitative estimate of drug-likeness (QED) is 0.167. The fourth-order valence-corrected chi connectivity index (χ4v) is 4.85. The lowest BCUT2D eigenvalue weighted by Crippen LogP contribution is -2.34.